The van der Waals surface area contributed by atoms with Crippen molar-refractivity contribution >= 4 is 10.8 Å². The van der Waals surface area contributed by atoms with Crippen molar-refractivity contribution in [2.75, 3.05) is 20.1 Å². The van der Waals surface area contributed by atoms with E-state index in [1.165, 1.54) is 29.2 Å². The molecule has 0 aromatic heterocycles. The number of fused-ring (bicyclic) bond motifs is 1. The van der Waals surface area contributed by atoms with Crippen LogP contribution in [0.2, 0.25) is 0 Å². The predicted molar refractivity (Wildman–Crippen MR) is 81.3 cm³/mol. The Morgan fingerprint density at radius 1 is 1.11 bits per heavy atom. The molecule has 2 heteroatoms. The molecule has 2 aromatic rings. The van der Waals surface area contributed by atoms with Crippen molar-refractivity contribution in [3.63, 3.8) is 0 Å². The Labute approximate surface area is 115 Å². The van der Waals surface area contributed by atoms with Gasteiger partial charge in [0.15, 0.2) is 0 Å². The van der Waals surface area contributed by atoms with Crippen molar-refractivity contribution in [3.8, 4) is 0 Å². The van der Waals surface area contributed by atoms with Gasteiger partial charge in [0, 0.05) is 25.7 Å². The van der Waals surface area contributed by atoms with Crippen LogP contribution in [0.15, 0.2) is 42.5 Å². The fourth-order valence-corrected chi connectivity index (χ4v) is 2.53. The molecule has 0 spiro atoms. The Morgan fingerprint density at radius 2 is 1.89 bits per heavy atom. The summed E-state index contributed by atoms with van der Waals surface area (Å²) in [6.45, 7) is 3.18. The molecule has 0 heterocycles. The molecule has 19 heavy (non-hydrogen) atoms. The van der Waals surface area contributed by atoms with E-state index in [0.717, 1.165) is 25.7 Å². The van der Waals surface area contributed by atoms with Gasteiger partial charge in [-0.3, -0.25) is 0 Å². The Bertz CT molecular complexity index is 546. The molecular weight excluding hydrogens is 232 g/mol. The quantitative estimate of drug-likeness (QED) is 0.797. The summed E-state index contributed by atoms with van der Waals surface area (Å²) in [7, 11) is 2.23. The molecule has 2 aromatic carbocycles. The van der Waals surface area contributed by atoms with Crippen molar-refractivity contribution < 1.29 is 0 Å². The largest absolute Gasteiger partial charge is 0.311 e. The molecule has 0 amide bonds. The van der Waals surface area contributed by atoms with Gasteiger partial charge in [0.05, 0.1) is 0 Å². The van der Waals surface area contributed by atoms with Crippen LogP contribution in [0.3, 0.4) is 0 Å². The van der Waals surface area contributed by atoms with Gasteiger partial charge in [-0.2, -0.15) is 0 Å². The number of nitrogens with zero attached hydrogens (tertiary/aromatic N) is 1. The van der Waals surface area contributed by atoms with Gasteiger partial charge < -0.3 is 10.2 Å². The topological polar surface area (TPSA) is 15.3 Å². The van der Waals surface area contributed by atoms with E-state index in [9.17, 15) is 0 Å². The second-order valence-corrected chi connectivity index (χ2v) is 5.57. The van der Waals surface area contributed by atoms with Crippen LogP contribution in [0.1, 0.15) is 18.4 Å². The minimum absolute atomic E-state index is 0.863. The molecular formula is C17H22N2. The number of likely N-dealkylation sites (N-methyl/N-ethyl adjacent to an activating group) is 1. The summed E-state index contributed by atoms with van der Waals surface area (Å²) in [6, 6.07) is 16.1. The van der Waals surface area contributed by atoms with E-state index < -0.39 is 0 Å². The molecule has 0 radical (unpaired) electrons. The third kappa shape index (κ3) is 3.34. The lowest BCUT2D eigenvalue weighted by molar-refractivity contribution is 0.321. The van der Waals surface area contributed by atoms with E-state index in [1.807, 2.05) is 0 Å². The fraction of sp³-hybridized carbons (Fsp3) is 0.412. The van der Waals surface area contributed by atoms with Crippen LogP contribution >= 0.6 is 0 Å². The number of benzene rings is 2. The number of hydrogen-bond donors (Lipinski definition) is 1. The van der Waals surface area contributed by atoms with Crippen molar-refractivity contribution in [1.29, 1.82) is 0 Å². The summed E-state index contributed by atoms with van der Waals surface area (Å²) in [5.74, 6) is 0. The predicted octanol–water partition coefficient (Wildman–Crippen LogP) is 3.02. The van der Waals surface area contributed by atoms with Gasteiger partial charge in [-0.1, -0.05) is 36.4 Å². The van der Waals surface area contributed by atoms with Gasteiger partial charge >= 0.3 is 0 Å². The first-order valence-electron chi connectivity index (χ1n) is 7.21. The van der Waals surface area contributed by atoms with Crippen LogP contribution in [-0.2, 0) is 6.54 Å². The Morgan fingerprint density at radius 3 is 2.68 bits per heavy atom. The fourth-order valence-electron chi connectivity index (χ4n) is 2.53. The Hall–Kier alpha value is -1.38. The highest BCUT2D eigenvalue weighted by Gasteiger charge is 2.25. The molecule has 0 bridgehead atoms. The summed E-state index contributed by atoms with van der Waals surface area (Å²) in [5, 5.41) is 6.19. The highest BCUT2D eigenvalue weighted by molar-refractivity contribution is 5.82. The van der Waals surface area contributed by atoms with Crippen molar-refractivity contribution in [2.45, 2.75) is 25.4 Å². The van der Waals surface area contributed by atoms with Crippen molar-refractivity contribution in [3.05, 3.63) is 48.0 Å². The maximum absolute atomic E-state index is 3.54. The number of nitrogens with one attached hydrogen (secondary N) is 1. The van der Waals surface area contributed by atoms with E-state index in [2.05, 4.69) is 59.7 Å². The first kappa shape index (κ1) is 12.6. The molecule has 2 nitrogen and oxygen atoms in total. The Balaban J connectivity index is 1.50. The van der Waals surface area contributed by atoms with Gasteiger partial charge in [-0.25, -0.2) is 0 Å². The molecule has 1 fully saturated rings. The van der Waals surface area contributed by atoms with Gasteiger partial charge in [-0.15, -0.1) is 0 Å². The first-order valence-corrected chi connectivity index (χ1v) is 7.21. The lowest BCUT2D eigenvalue weighted by atomic mass is 10.1. The molecule has 1 aliphatic rings. The summed E-state index contributed by atoms with van der Waals surface area (Å²) >= 11 is 0. The van der Waals surface area contributed by atoms with Crippen molar-refractivity contribution in [1.82, 2.24) is 10.2 Å². The molecule has 3 rings (SSSR count). The zero-order chi connectivity index (χ0) is 13.1. The number of rotatable bonds is 6. The molecule has 0 atom stereocenters. The molecule has 1 saturated carbocycles. The molecule has 0 unspecified atom stereocenters. The average Bonchev–Trinajstić information content (AvgIpc) is 3.28. The molecule has 0 saturated heterocycles. The summed E-state index contributed by atoms with van der Waals surface area (Å²) in [5.41, 5.74) is 1.37. The summed E-state index contributed by atoms with van der Waals surface area (Å²) < 4.78 is 0. The van der Waals surface area contributed by atoms with Crippen LogP contribution in [0.25, 0.3) is 10.8 Å². The Kier molecular flexibility index (Phi) is 3.81. The highest BCUT2D eigenvalue weighted by Crippen LogP contribution is 2.24. The highest BCUT2D eigenvalue weighted by atomic mass is 15.2. The zero-order valence-corrected chi connectivity index (χ0v) is 11.6. The average molecular weight is 254 g/mol. The second kappa shape index (κ2) is 5.72. The third-order valence-electron chi connectivity index (χ3n) is 3.95. The van der Waals surface area contributed by atoms with Crippen LogP contribution in [0.4, 0.5) is 0 Å². The number of hydrogen-bond acceptors (Lipinski definition) is 2. The van der Waals surface area contributed by atoms with Crippen LogP contribution < -0.4 is 5.32 Å². The molecule has 0 aliphatic heterocycles. The first-order chi connectivity index (χ1) is 9.33. The molecule has 1 N–H and O–H groups in total. The monoisotopic (exact) mass is 254 g/mol. The minimum atomic E-state index is 0.863. The minimum Gasteiger partial charge on any atom is -0.311 e. The lowest BCUT2D eigenvalue weighted by Gasteiger charge is -2.15. The van der Waals surface area contributed by atoms with Crippen LogP contribution in [0.5, 0.6) is 0 Å². The standard InChI is InChI=1S/C17H22N2/c1-19(17-8-9-17)11-10-18-13-14-6-7-15-4-2-3-5-16(15)12-14/h2-7,12,17-18H,8-11,13H2,1H3. The van der Waals surface area contributed by atoms with Crippen molar-refractivity contribution in [2.24, 2.45) is 0 Å². The van der Waals surface area contributed by atoms with E-state index in [0.29, 0.717) is 0 Å². The maximum Gasteiger partial charge on any atom is 0.0206 e. The van der Waals surface area contributed by atoms with Gasteiger partial charge in [0.25, 0.3) is 0 Å². The van der Waals surface area contributed by atoms with Gasteiger partial charge in [0.1, 0.15) is 0 Å². The molecule has 1 aliphatic carbocycles. The summed E-state index contributed by atoms with van der Waals surface area (Å²) in [4.78, 5) is 2.47. The van der Waals surface area contributed by atoms with E-state index in [1.54, 1.807) is 0 Å². The second-order valence-electron chi connectivity index (χ2n) is 5.57. The maximum atomic E-state index is 3.54. The SMILES string of the molecule is CN(CCNCc1ccc2ccccc2c1)C1CC1. The summed E-state index contributed by atoms with van der Waals surface area (Å²) in [6.07, 6.45) is 2.78. The third-order valence-corrected chi connectivity index (χ3v) is 3.95. The van der Waals surface area contributed by atoms with Gasteiger partial charge in [-0.05, 0) is 42.3 Å². The van der Waals surface area contributed by atoms with E-state index >= 15 is 0 Å². The molecule has 100 valence electrons. The normalized spacial score (nSPS) is 15.3. The van der Waals surface area contributed by atoms with E-state index in [-0.39, 0.29) is 0 Å². The van der Waals surface area contributed by atoms with Crippen LogP contribution in [0, 0.1) is 0 Å². The zero-order valence-electron chi connectivity index (χ0n) is 11.6. The van der Waals surface area contributed by atoms with Gasteiger partial charge in [0.2, 0.25) is 0 Å². The lowest BCUT2D eigenvalue weighted by Crippen LogP contribution is -2.30. The van der Waals surface area contributed by atoms with Crippen LogP contribution in [-0.4, -0.2) is 31.1 Å². The smallest absolute Gasteiger partial charge is 0.0206 e. The van der Waals surface area contributed by atoms with E-state index in [4.69, 9.17) is 0 Å².